The van der Waals surface area contributed by atoms with Gasteiger partial charge in [0.25, 0.3) is 0 Å². The molecule has 0 spiro atoms. The highest BCUT2D eigenvalue weighted by atomic mass is 14.0. The minimum absolute atomic E-state index is 1.12. The van der Waals surface area contributed by atoms with E-state index in [1.807, 2.05) is 0 Å². The fraction of sp³-hybridized carbons (Fsp3) is 0.333. The second-order valence-corrected chi connectivity index (χ2v) is 2.98. The molecule has 0 aliphatic rings. The molecule has 0 aliphatic heterocycles. The van der Waals surface area contributed by atoms with Crippen LogP contribution < -0.4 is 0 Å². The largest absolute Gasteiger partial charge is 0.0871 e. The molecule has 12 heavy (non-hydrogen) atoms. The monoisotopic (exact) mass is 160 g/mol. The van der Waals surface area contributed by atoms with E-state index in [1.54, 1.807) is 0 Å². The van der Waals surface area contributed by atoms with E-state index in [2.05, 4.69) is 51.1 Å². The number of hydrogen-bond donors (Lipinski definition) is 0. The van der Waals surface area contributed by atoms with Gasteiger partial charge in [-0.05, 0) is 37.0 Å². The first-order valence-electron chi connectivity index (χ1n) is 4.50. The Balaban J connectivity index is 3.13. The summed E-state index contributed by atoms with van der Waals surface area (Å²) in [5.74, 6) is 0. The molecule has 0 unspecified atom stereocenters. The molecule has 1 rings (SSSR count). The van der Waals surface area contributed by atoms with Crippen molar-refractivity contribution < 1.29 is 0 Å². The summed E-state index contributed by atoms with van der Waals surface area (Å²) in [7, 11) is 0. The fourth-order valence-corrected chi connectivity index (χ4v) is 1.45. The van der Waals surface area contributed by atoms with Crippen LogP contribution in [-0.4, -0.2) is 0 Å². The SMILES string of the molecule is C/C=C\c1cccc(CC)c1C. The Hall–Kier alpha value is -1.04. The van der Waals surface area contributed by atoms with Crippen molar-refractivity contribution in [3.63, 3.8) is 0 Å². The molecule has 0 aliphatic carbocycles. The lowest BCUT2D eigenvalue weighted by Crippen LogP contribution is -1.88. The zero-order valence-electron chi connectivity index (χ0n) is 8.09. The number of rotatable bonds is 2. The minimum Gasteiger partial charge on any atom is -0.0871 e. The summed E-state index contributed by atoms with van der Waals surface area (Å²) in [6.07, 6.45) is 5.37. The van der Waals surface area contributed by atoms with Crippen LogP contribution in [0.5, 0.6) is 0 Å². The zero-order valence-corrected chi connectivity index (χ0v) is 8.09. The summed E-state index contributed by atoms with van der Waals surface area (Å²) in [6.45, 7) is 6.44. The highest BCUT2D eigenvalue weighted by molar-refractivity contribution is 5.55. The van der Waals surface area contributed by atoms with Crippen LogP contribution in [0, 0.1) is 6.92 Å². The maximum Gasteiger partial charge on any atom is -0.0228 e. The van der Waals surface area contributed by atoms with Crippen LogP contribution in [0.4, 0.5) is 0 Å². The van der Waals surface area contributed by atoms with E-state index in [4.69, 9.17) is 0 Å². The Morgan fingerprint density at radius 1 is 1.33 bits per heavy atom. The molecule has 0 fully saturated rings. The Morgan fingerprint density at radius 2 is 2.08 bits per heavy atom. The summed E-state index contributed by atoms with van der Waals surface area (Å²) >= 11 is 0. The van der Waals surface area contributed by atoms with Gasteiger partial charge in [-0.25, -0.2) is 0 Å². The Morgan fingerprint density at radius 3 is 2.67 bits per heavy atom. The van der Waals surface area contributed by atoms with Gasteiger partial charge in [0.05, 0.1) is 0 Å². The van der Waals surface area contributed by atoms with E-state index in [0.29, 0.717) is 0 Å². The molecule has 0 heterocycles. The molecule has 0 bridgehead atoms. The molecule has 64 valence electrons. The van der Waals surface area contributed by atoms with E-state index >= 15 is 0 Å². The quantitative estimate of drug-likeness (QED) is 0.620. The normalized spacial score (nSPS) is 10.9. The third-order valence-electron chi connectivity index (χ3n) is 2.22. The average Bonchev–Trinajstić information content (AvgIpc) is 2.09. The molecule has 0 atom stereocenters. The molecule has 1 aromatic carbocycles. The van der Waals surface area contributed by atoms with Gasteiger partial charge in [-0.15, -0.1) is 0 Å². The van der Waals surface area contributed by atoms with Gasteiger partial charge in [-0.1, -0.05) is 37.3 Å². The van der Waals surface area contributed by atoms with Crippen molar-refractivity contribution in [3.05, 3.63) is 41.0 Å². The first-order chi connectivity index (χ1) is 5.79. The van der Waals surface area contributed by atoms with Crippen LogP contribution in [0.2, 0.25) is 0 Å². The lowest BCUT2D eigenvalue weighted by molar-refractivity contribution is 1.11. The number of hydrogen-bond acceptors (Lipinski definition) is 0. The third kappa shape index (κ3) is 1.76. The van der Waals surface area contributed by atoms with E-state index in [-0.39, 0.29) is 0 Å². The number of aryl methyl sites for hydroxylation is 1. The molecule has 0 heteroatoms. The van der Waals surface area contributed by atoms with E-state index in [0.717, 1.165) is 6.42 Å². The van der Waals surface area contributed by atoms with E-state index < -0.39 is 0 Å². The Bertz CT molecular complexity index is 282. The van der Waals surface area contributed by atoms with Crippen LogP contribution in [-0.2, 0) is 6.42 Å². The van der Waals surface area contributed by atoms with Gasteiger partial charge in [0.1, 0.15) is 0 Å². The van der Waals surface area contributed by atoms with Crippen LogP contribution in [0.1, 0.15) is 30.5 Å². The van der Waals surface area contributed by atoms with Gasteiger partial charge in [0.15, 0.2) is 0 Å². The summed E-state index contributed by atoms with van der Waals surface area (Å²) in [4.78, 5) is 0. The van der Waals surface area contributed by atoms with Crippen LogP contribution in [0.15, 0.2) is 24.3 Å². The molecule has 0 N–H and O–H groups in total. The molecule has 0 saturated heterocycles. The number of benzene rings is 1. The number of allylic oxidation sites excluding steroid dienone is 1. The van der Waals surface area contributed by atoms with E-state index in [1.165, 1.54) is 16.7 Å². The molecule has 0 saturated carbocycles. The van der Waals surface area contributed by atoms with Gasteiger partial charge in [-0.2, -0.15) is 0 Å². The summed E-state index contributed by atoms with van der Waals surface area (Å²) < 4.78 is 0. The van der Waals surface area contributed by atoms with E-state index in [9.17, 15) is 0 Å². The summed E-state index contributed by atoms with van der Waals surface area (Å²) in [6, 6.07) is 6.48. The molecular weight excluding hydrogens is 144 g/mol. The van der Waals surface area contributed by atoms with Crippen LogP contribution in [0.25, 0.3) is 6.08 Å². The van der Waals surface area contributed by atoms with Crippen molar-refractivity contribution in [3.8, 4) is 0 Å². The highest BCUT2D eigenvalue weighted by Crippen LogP contribution is 2.15. The van der Waals surface area contributed by atoms with Gasteiger partial charge >= 0.3 is 0 Å². The van der Waals surface area contributed by atoms with Gasteiger partial charge < -0.3 is 0 Å². The van der Waals surface area contributed by atoms with Gasteiger partial charge in [-0.3, -0.25) is 0 Å². The minimum atomic E-state index is 1.12. The highest BCUT2D eigenvalue weighted by Gasteiger charge is 1.97. The maximum absolute atomic E-state index is 2.20. The second-order valence-electron chi connectivity index (χ2n) is 2.98. The van der Waals surface area contributed by atoms with Crippen molar-refractivity contribution in [2.45, 2.75) is 27.2 Å². The standard InChI is InChI=1S/C12H16/c1-4-7-12-9-6-8-11(5-2)10(12)3/h4,6-9H,5H2,1-3H3/b7-4-. The first-order valence-corrected chi connectivity index (χ1v) is 4.50. The van der Waals surface area contributed by atoms with Crippen molar-refractivity contribution in [2.24, 2.45) is 0 Å². The predicted molar refractivity (Wildman–Crippen MR) is 55.3 cm³/mol. The lowest BCUT2D eigenvalue weighted by Gasteiger charge is -2.05. The average molecular weight is 160 g/mol. The zero-order chi connectivity index (χ0) is 8.97. The topological polar surface area (TPSA) is 0 Å². The predicted octanol–water partition coefficient (Wildman–Crippen LogP) is 3.59. The van der Waals surface area contributed by atoms with Gasteiger partial charge in [0, 0.05) is 0 Å². The van der Waals surface area contributed by atoms with Crippen molar-refractivity contribution in [1.29, 1.82) is 0 Å². The van der Waals surface area contributed by atoms with Crippen molar-refractivity contribution >= 4 is 6.08 Å². The molecular formula is C12H16. The summed E-state index contributed by atoms with van der Waals surface area (Å²) in [5.41, 5.74) is 4.21. The molecule has 0 aromatic heterocycles. The molecule has 0 radical (unpaired) electrons. The Kier molecular flexibility index (Phi) is 3.09. The smallest absolute Gasteiger partial charge is 0.0228 e. The molecule has 0 amide bonds. The Labute approximate surface area is 74.9 Å². The van der Waals surface area contributed by atoms with Crippen LogP contribution >= 0.6 is 0 Å². The molecule has 1 aromatic rings. The molecule has 0 nitrogen and oxygen atoms in total. The maximum atomic E-state index is 2.20. The fourth-order valence-electron chi connectivity index (χ4n) is 1.45. The summed E-state index contributed by atoms with van der Waals surface area (Å²) in [5, 5.41) is 0. The third-order valence-corrected chi connectivity index (χ3v) is 2.22. The van der Waals surface area contributed by atoms with Crippen molar-refractivity contribution in [2.75, 3.05) is 0 Å². The second kappa shape index (κ2) is 4.10. The lowest BCUT2D eigenvalue weighted by atomic mass is 10.0. The van der Waals surface area contributed by atoms with Crippen LogP contribution in [0.3, 0.4) is 0 Å². The van der Waals surface area contributed by atoms with Gasteiger partial charge in [0.2, 0.25) is 0 Å². The van der Waals surface area contributed by atoms with Crippen molar-refractivity contribution in [1.82, 2.24) is 0 Å². The first kappa shape index (κ1) is 9.05.